The summed E-state index contributed by atoms with van der Waals surface area (Å²) in [5.41, 5.74) is 3.68. The summed E-state index contributed by atoms with van der Waals surface area (Å²) in [6.07, 6.45) is 6.35. The summed E-state index contributed by atoms with van der Waals surface area (Å²) in [4.78, 5) is 23.9. The molecular weight excluding hydrogens is 483 g/mol. The van der Waals surface area contributed by atoms with Crippen molar-refractivity contribution in [3.05, 3.63) is 72.2 Å². The molecule has 194 valence electrons. The molecule has 4 aromatic rings. The zero-order valence-electron chi connectivity index (χ0n) is 21.7. The van der Waals surface area contributed by atoms with E-state index < -0.39 is 5.82 Å². The van der Waals surface area contributed by atoms with Crippen LogP contribution >= 0.6 is 0 Å². The number of hydrogen-bond acceptors (Lipinski definition) is 5. The summed E-state index contributed by atoms with van der Waals surface area (Å²) in [5, 5.41) is 0. The Hall–Kier alpha value is -4.38. The van der Waals surface area contributed by atoms with Crippen LogP contribution in [0.15, 0.2) is 54.9 Å². The molecule has 1 fully saturated rings. The molecule has 0 N–H and O–H groups in total. The van der Waals surface area contributed by atoms with Crippen LogP contribution in [0.4, 0.5) is 4.39 Å². The third-order valence-corrected chi connectivity index (χ3v) is 6.72. The Morgan fingerprint density at radius 3 is 2.71 bits per heavy atom. The largest absolute Gasteiger partial charge is 0.494 e. The maximum atomic E-state index is 14.6. The SMILES string of the molecule is CC#CC(=O)N1CC[C@@H](c2nc(-c3ccc(Oc4cccc(OC)c4F)cc3)c3c(CCC)nccn23)C1. The summed E-state index contributed by atoms with van der Waals surface area (Å²) in [6.45, 7) is 5.03. The van der Waals surface area contributed by atoms with E-state index in [4.69, 9.17) is 14.5 Å². The van der Waals surface area contributed by atoms with Gasteiger partial charge < -0.3 is 14.4 Å². The normalized spacial score (nSPS) is 14.8. The van der Waals surface area contributed by atoms with Gasteiger partial charge in [-0.15, -0.1) is 0 Å². The van der Waals surface area contributed by atoms with Crippen molar-refractivity contribution in [3.8, 4) is 40.3 Å². The fourth-order valence-corrected chi connectivity index (χ4v) is 4.91. The maximum Gasteiger partial charge on any atom is 0.298 e. The second-order valence-corrected chi connectivity index (χ2v) is 9.17. The van der Waals surface area contributed by atoms with Crippen LogP contribution < -0.4 is 9.47 Å². The number of ether oxygens (including phenoxy) is 2. The van der Waals surface area contributed by atoms with Crippen LogP contribution in [0, 0.1) is 17.7 Å². The first-order valence-electron chi connectivity index (χ1n) is 12.7. The van der Waals surface area contributed by atoms with Crippen molar-refractivity contribution in [2.75, 3.05) is 20.2 Å². The maximum absolute atomic E-state index is 14.6. The number of methoxy groups -OCH3 is 1. The van der Waals surface area contributed by atoms with Crippen LogP contribution in [0.5, 0.6) is 17.2 Å². The molecule has 0 unspecified atom stereocenters. The second kappa shape index (κ2) is 10.9. The number of aromatic nitrogens is 3. The first-order valence-corrected chi connectivity index (χ1v) is 12.7. The highest BCUT2D eigenvalue weighted by Gasteiger charge is 2.31. The van der Waals surface area contributed by atoms with E-state index >= 15 is 0 Å². The standard InChI is InChI=1S/C30H29FN4O3/c1-4-7-23-29-28(20-11-13-22(14-12-20)38-25-10-6-9-24(37-3)27(25)31)33-30(35(29)18-16-32-23)21-15-17-34(19-21)26(36)8-5-2/h6,9-14,16,18,21H,4,7,15,17,19H2,1-3H3/t21-/m1/s1. The Bertz CT molecular complexity index is 1540. The van der Waals surface area contributed by atoms with Gasteiger partial charge in [0, 0.05) is 37.0 Å². The van der Waals surface area contributed by atoms with Gasteiger partial charge in [-0.25, -0.2) is 4.98 Å². The number of imidazole rings is 1. The van der Waals surface area contributed by atoms with Crippen molar-refractivity contribution >= 4 is 11.4 Å². The molecule has 1 atom stereocenters. The van der Waals surface area contributed by atoms with Crippen molar-refractivity contribution in [3.63, 3.8) is 0 Å². The average molecular weight is 513 g/mol. The number of likely N-dealkylation sites (tertiary alicyclic amines) is 1. The Morgan fingerprint density at radius 1 is 1.18 bits per heavy atom. The molecular formula is C30H29FN4O3. The molecule has 0 bridgehead atoms. The molecule has 0 saturated carbocycles. The number of carbonyl (C=O) groups is 1. The van der Waals surface area contributed by atoms with Crippen LogP contribution in [0.2, 0.25) is 0 Å². The molecule has 1 aliphatic heterocycles. The van der Waals surface area contributed by atoms with Crippen molar-refractivity contribution in [1.82, 2.24) is 19.3 Å². The van der Waals surface area contributed by atoms with Crippen LogP contribution in [0.3, 0.4) is 0 Å². The average Bonchev–Trinajstić information content (AvgIpc) is 3.57. The van der Waals surface area contributed by atoms with Gasteiger partial charge in [-0.05, 0) is 62.1 Å². The van der Waals surface area contributed by atoms with Gasteiger partial charge in [0.15, 0.2) is 11.5 Å². The number of fused-ring (bicyclic) bond motifs is 1. The van der Waals surface area contributed by atoms with E-state index in [2.05, 4.69) is 28.1 Å². The van der Waals surface area contributed by atoms with Crippen molar-refractivity contribution in [1.29, 1.82) is 0 Å². The van der Waals surface area contributed by atoms with E-state index in [9.17, 15) is 9.18 Å². The summed E-state index contributed by atoms with van der Waals surface area (Å²) >= 11 is 0. The summed E-state index contributed by atoms with van der Waals surface area (Å²) in [5.74, 6) is 6.37. The van der Waals surface area contributed by atoms with Gasteiger partial charge in [-0.1, -0.05) is 25.3 Å². The van der Waals surface area contributed by atoms with E-state index in [0.717, 1.165) is 47.6 Å². The first-order chi connectivity index (χ1) is 18.5. The van der Waals surface area contributed by atoms with E-state index in [0.29, 0.717) is 18.8 Å². The van der Waals surface area contributed by atoms with Crippen LogP contribution in [-0.4, -0.2) is 45.4 Å². The zero-order valence-corrected chi connectivity index (χ0v) is 21.7. The molecule has 3 heterocycles. The molecule has 5 rings (SSSR count). The van der Waals surface area contributed by atoms with E-state index in [1.54, 1.807) is 42.2 Å². The topological polar surface area (TPSA) is 69.0 Å². The zero-order chi connectivity index (χ0) is 26.6. The summed E-state index contributed by atoms with van der Waals surface area (Å²) in [6, 6.07) is 12.2. The highest BCUT2D eigenvalue weighted by molar-refractivity contribution is 5.93. The fourth-order valence-electron chi connectivity index (χ4n) is 4.91. The Labute approximate surface area is 221 Å². The predicted molar refractivity (Wildman–Crippen MR) is 143 cm³/mol. The monoisotopic (exact) mass is 512 g/mol. The lowest BCUT2D eigenvalue weighted by Gasteiger charge is -2.13. The van der Waals surface area contributed by atoms with Crippen molar-refractivity contribution in [2.45, 2.75) is 39.0 Å². The van der Waals surface area contributed by atoms with Gasteiger partial charge in [0.05, 0.1) is 24.0 Å². The molecule has 8 heteroatoms. The molecule has 0 radical (unpaired) electrons. The third kappa shape index (κ3) is 4.80. The fraction of sp³-hybridized carbons (Fsp3) is 0.300. The quantitative estimate of drug-likeness (QED) is 0.300. The summed E-state index contributed by atoms with van der Waals surface area (Å²) in [7, 11) is 1.42. The van der Waals surface area contributed by atoms with Gasteiger partial charge >= 0.3 is 0 Å². The Morgan fingerprint density at radius 2 is 1.97 bits per heavy atom. The van der Waals surface area contributed by atoms with Gasteiger partial charge in [-0.2, -0.15) is 4.39 Å². The lowest BCUT2D eigenvalue weighted by molar-refractivity contribution is -0.124. The molecule has 1 aliphatic rings. The lowest BCUT2D eigenvalue weighted by atomic mass is 10.1. The number of halogens is 1. The molecule has 7 nitrogen and oxygen atoms in total. The minimum Gasteiger partial charge on any atom is -0.494 e. The highest BCUT2D eigenvalue weighted by atomic mass is 19.1. The molecule has 0 spiro atoms. The number of benzene rings is 2. The highest BCUT2D eigenvalue weighted by Crippen LogP contribution is 2.35. The number of rotatable bonds is 7. The van der Waals surface area contributed by atoms with Crippen LogP contribution in [0.25, 0.3) is 16.8 Å². The molecule has 1 saturated heterocycles. The minimum atomic E-state index is -0.548. The molecule has 0 aliphatic carbocycles. The molecule has 2 aromatic carbocycles. The van der Waals surface area contributed by atoms with Gasteiger partial charge in [-0.3, -0.25) is 14.2 Å². The Balaban J connectivity index is 1.50. The van der Waals surface area contributed by atoms with Crippen molar-refractivity contribution < 1.29 is 18.7 Å². The van der Waals surface area contributed by atoms with Gasteiger partial charge in [0.25, 0.3) is 5.91 Å². The Kier molecular flexibility index (Phi) is 7.27. The van der Waals surface area contributed by atoms with Gasteiger partial charge in [0.1, 0.15) is 11.6 Å². The number of aryl methyl sites for hydroxylation is 1. The van der Waals surface area contributed by atoms with Crippen molar-refractivity contribution in [2.24, 2.45) is 0 Å². The third-order valence-electron chi connectivity index (χ3n) is 6.72. The number of nitrogens with zero attached hydrogens (tertiary/aromatic N) is 4. The number of hydrogen-bond donors (Lipinski definition) is 0. The lowest BCUT2D eigenvalue weighted by Crippen LogP contribution is -2.27. The number of carbonyl (C=O) groups excluding carboxylic acids is 1. The van der Waals surface area contributed by atoms with E-state index in [1.807, 2.05) is 24.5 Å². The first kappa shape index (κ1) is 25.3. The van der Waals surface area contributed by atoms with Crippen LogP contribution in [0.1, 0.15) is 44.1 Å². The minimum absolute atomic E-state index is 0.0920. The smallest absolute Gasteiger partial charge is 0.298 e. The molecule has 38 heavy (non-hydrogen) atoms. The van der Waals surface area contributed by atoms with E-state index in [1.165, 1.54) is 7.11 Å². The predicted octanol–water partition coefficient (Wildman–Crippen LogP) is 5.63. The summed E-state index contributed by atoms with van der Waals surface area (Å²) < 4.78 is 27.5. The molecule has 1 amide bonds. The van der Waals surface area contributed by atoms with Crippen LogP contribution in [-0.2, 0) is 11.2 Å². The second-order valence-electron chi connectivity index (χ2n) is 9.17. The van der Waals surface area contributed by atoms with E-state index in [-0.39, 0.29) is 23.3 Å². The molecule has 2 aromatic heterocycles. The van der Waals surface area contributed by atoms with Gasteiger partial charge in [0.2, 0.25) is 5.82 Å². The number of amides is 1.